The molecule has 0 aliphatic carbocycles. The molecule has 2 atom stereocenters. The van der Waals surface area contributed by atoms with Gasteiger partial charge < -0.3 is 19.7 Å². The van der Waals surface area contributed by atoms with Gasteiger partial charge in [0.2, 0.25) is 5.91 Å². The number of carbonyl (C=O) groups excluding carboxylic acids is 1. The van der Waals surface area contributed by atoms with E-state index in [-0.39, 0.29) is 23.8 Å². The molecule has 1 aromatic carbocycles. The largest absolute Gasteiger partial charge is 0.508 e. The summed E-state index contributed by atoms with van der Waals surface area (Å²) in [6.07, 6.45) is 1.56. The van der Waals surface area contributed by atoms with Crippen molar-refractivity contribution in [3.8, 4) is 5.75 Å². The number of nitrogens with one attached hydrogen (secondary N) is 1. The van der Waals surface area contributed by atoms with E-state index in [0.717, 1.165) is 49.7 Å². The van der Waals surface area contributed by atoms with Crippen LogP contribution in [0.25, 0.3) is 0 Å². The Morgan fingerprint density at radius 3 is 2.83 bits per heavy atom. The molecule has 8 heteroatoms. The SMILES string of the molecule is CC(C)[C@H](NC(=O)[C@@H]1CCOC1)c1nnc2n1CCN(Cc1ccccc1O)CC2. The summed E-state index contributed by atoms with van der Waals surface area (Å²) in [6, 6.07) is 7.30. The topological polar surface area (TPSA) is 92.5 Å². The van der Waals surface area contributed by atoms with Gasteiger partial charge in [0, 0.05) is 44.8 Å². The molecule has 0 spiro atoms. The number of fused-ring (bicyclic) bond motifs is 1. The Morgan fingerprint density at radius 2 is 2.10 bits per heavy atom. The zero-order valence-corrected chi connectivity index (χ0v) is 17.8. The first-order valence-corrected chi connectivity index (χ1v) is 10.8. The minimum absolute atomic E-state index is 0.0401. The molecule has 0 radical (unpaired) electrons. The van der Waals surface area contributed by atoms with Crippen molar-refractivity contribution >= 4 is 5.91 Å². The molecule has 1 saturated heterocycles. The summed E-state index contributed by atoms with van der Waals surface area (Å²) in [6.45, 7) is 8.49. The molecule has 2 aliphatic rings. The third kappa shape index (κ3) is 4.49. The highest BCUT2D eigenvalue weighted by molar-refractivity contribution is 5.79. The first-order valence-electron chi connectivity index (χ1n) is 10.8. The average Bonchev–Trinajstić information content (AvgIpc) is 3.36. The van der Waals surface area contributed by atoms with Crippen LogP contribution in [0.15, 0.2) is 24.3 Å². The molecule has 0 unspecified atom stereocenters. The van der Waals surface area contributed by atoms with Crippen molar-refractivity contribution in [3.63, 3.8) is 0 Å². The lowest BCUT2D eigenvalue weighted by Crippen LogP contribution is -2.38. The van der Waals surface area contributed by atoms with Crippen LogP contribution in [-0.4, -0.2) is 57.0 Å². The van der Waals surface area contributed by atoms with Gasteiger partial charge in [-0.3, -0.25) is 9.69 Å². The smallest absolute Gasteiger partial charge is 0.226 e. The summed E-state index contributed by atoms with van der Waals surface area (Å²) in [5.74, 6) is 2.28. The van der Waals surface area contributed by atoms with Crippen LogP contribution >= 0.6 is 0 Å². The number of para-hydroxylation sites is 1. The fourth-order valence-electron chi connectivity index (χ4n) is 4.20. The highest BCUT2D eigenvalue weighted by atomic mass is 16.5. The number of aromatic nitrogens is 3. The van der Waals surface area contributed by atoms with Crippen molar-refractivity contribution in [1.29, 1.82) is 0 Å². The number of ether oxygens (including phenoxy) is 1. The zero-order chi connectivity index (χ0) is 21.1. The number of amides is 1. The average molecular weight is 414 g/mol. The molecule has 0 saturated carbocycles. The second-order valence-corrected chi connectivity index (χ2v) is 8.57. The van der Waals surface area contributed by atoms with E-state index < -0.39 is 0 Å². The lowest BCUT2D eigenvalue weighted by molar-refractivity contribution is -0.126. The summed E-state index contributed by atoms with van der Waals surface area (Å²) in [7, 11) is 0. The number of nitrogens with zero attached hydrogens (tertiary/aromatic N) is 4. The summed E-state index contributed by atoms with van der Waals surface area (Å²) in [4.78, 5) is 15.0. The number of phenols is 1. The van der Waals surface area contributed by atoms with Crippen LogP contribution in [0.3, 0.4) is 0 Å². The fourth-order valence-corrected chi connectivity index (χ4v) is 4.20. The quantitative estimate of drug-likeness (QED) is 0.751. The van der Waals surface area contributed by atoms with E-state index in [1.165, 1.54) is 0 Å². The van der Waals surface area contributed by atoms with E-state index in [1.807, 2.05) is 18.2 Å². The molecule has 2 aliphatic heterocycles. The van der Waals surface area contributed by atoms with Gasteiger partial charge in [-0.1, -0.05) is 32.0 Å². The number of hydrogen-bond acceptors (Lipinski definition) is 6. The van der Waals surface area contributed by atoms with Gasteiger partial charge in [0.1, 0.15) is 11.6 Å². The van der Waals surface area contributed by atoms with Crippen molar-refractivity contribution in [2.45, 2.75) is 45.8 Å². The Morgan fingerprint density at radius 1 is 1.27 bits per heavy atom. The highest BCUT2D eigenvalue weighted by Gasteiger charge is 2.31. The Hall–Kier alpha value is -2.45. The van der Waals surface area contributed by atoms with Crippen LogP contribution in [-0.2, 0) is 29.0 Å². The minimum atomic E-state index is -0.177. The maximum absolute atomic E-state index is 12.7. The molecular formula is C22H31N5O3. The Labute approximate surface area is 177 Å². The Balaban J connectivity index is 1.47. The molecule has 3 heterocycles. The van der Waals surface area contributed by atoms with E-state index in [2.05, 4.69) is 38.8 Å². The lowest BCUT2D eigenvalue weighted by Gasteiger charge is -2.24. The number of carbonyl (C=O) groups is 1. The Kier molecular flexibility index (Phi) is 6.34. The molecule has 162 valence electrons. The van der Waals surface area contributed by atoms with Gasteiger partial charge in [0.25, 0.3) is 0 Å². The predicted octanol–water partition coefficient (Wildman–Crippen LogP) is 1.89. The molecular weight excluding hydrogens is 382 g/mol. The number of phenolic OH excluding ortho intramolecular Hbond substituents is 1. The van der Waals surface area contributed by atoms with Gasteiger partial charge >= 0.3 is 0 Å². The zero-order valence-electron chi connectivity index (χ0n) is 17.8. The molecule has 8 nitrogen and oxygen atoms in total. The van der Waals surface area contributed by atoms with Gasteiger partial charge in [-0.25, -0.2) is 0 Å². The third-order valence-corrected chi connectivity index (χ3v) is 6.08. The molecule has 1 aromatic heterocycles. The molecule has 2 N–H and O–H groups in total. The van der Waals surface area contributed by atoms with E-state index >= 15 is 0 Å². The molecule has 30 heavy (non-hydrogen) atoms. The van der Waals surface area contributed by atoms with Gasteiger partial charge in [-0.2, -0.15) is 0 Å². The number of hydrogen-bond donors (Lipinski definition) is 2. The number of benzene rings is 1. The highest BCUT2D eigenvalue weighted by Crippen LogP contribution is 2.25. The summed E-state index contributed by atoms with van der Waals surface area (Å²) in [5, 5.41) is 22.2. The molecule has 1 fully saturated rings. The van der Waals surface area contributed by atoms with Crippen molar-refractivity contribution in [3.05, 3.63) is 41.5 Å². The summed E-state index contributed by atoms with van der Waals surface area (Å²) < 4.78 is 7.54. The van der Waals surface area contributed by atoms with Gasteiger partial charge in [0.15, 0.2) is 5.82 Å². The van der Waals surface area contributed by atoms with Crippen molar-refractivity contribution in [1.82, 2.24) is 25.0 Å². The van der Waals surface area contributed by atoms with Gasteiger partial charge in [-0.05, 0) is 18.4 Å². The fraction of sp³-hybridized carbons (Fsp3) is 0.591. The maximum atomic E-state index is 12.7. The standard InChI is InChI=1S/C22H31N5O3/c1-15(2)20(23-22(29)17-8-12-30-14-17)21-25-24-19-7-9-26(10-11-27(19)21)13-16-5-3-4-6-18(16)28/h3-6,15,17,20,28H,7-14H2,1-2H3,(H,23,29)/t17-,20+/m1/s1. The molecule has 1 amide bonds. The monoisotopic (exact) mass is 413 g/mol. The van der Waals surface area contributed by atoms with Crippen LogP contribution < -0.4 is 5.32 Å². The first kappa shape index (κ1) is 20.8. The third-order valence-electron chi connectivity index (χ3n) is 6.08. The molecule has 4 rings (SSSR count). The number of rotatable bonds is 6. The van der Waals surface area contributed by atoms with Crippen molar-refractivity contribution < 1.29 is 14.6 Å². The first-order chi connectivity index (χ1) is 14.5. The lowest BCUT2D eigenvalue weighted by atomic mass is 10.0. The van der Waals surface area contributed by atoms with Gasteiger partial charge in [-0.15, -0.1) is 10.2 Å². The summed E-state index contributed by atoms with van der Waals surface area (Å²) in [5.41, 5.74) is 0.932. The second kappa shape index (κ2) is 9.14. The van der Waals surface area contributed by atoms with Crippen LogP contribution in [0.2, 0.25) is 0 Å². The van der Waals surface area contributed by atoms with Crippen molar-refractivity contribution in [2.75, 3.05) is 26.3 Å². The summed E-state index contributed by atoms with van der Waals surface area (Å²) >= 11 is 0. The number of aromatic hydroxyl groups is 1. The van der Waals surface area contributed by atoms with Crippen LogP contribution in [0.4, 0.5) is 0 Å². The van der Waals surface area contributed by atoms with E-state index in [0.29, 0.717) is 25.5 Å². The van der Waals surface area contributed by atoms with E-state index in [1.54, 1.807) is 6.07 Å². The van der Waals surface area contributed by atoms with Crippen LogP contribution in [0.5, 0.6) is 5.75 Å². The predicted molar refractivity (Wildman–Crippen MR) is 112 cm³/mol. The van der Waals surface area contributed by atoms with Crippen molar-refractivity contribution in [2.24, 2.45) is 11.8 Å². The minimum Gasteiger partial charge on any atom is -0.508 e. The van der Waals surface area contributed by atoms with E-state index in [4.69, 9.17) is 4.74 Å². The van der Waals surface area contributed by atoms with E-state index in [9.17, 15) is 9.90 Å². The maximum Gasteiger partial charge on any atom is 0.226 e. The second-order valence-electron chi connectivity index (χ2n) is 8.57. The molecule has 2 aromatic rings. The van der Waals surface area contributed by atoms with Gasteiger partial charge in [0.05, 0.1) is 18.6 Å². The molecule has 0 bridgehead atoms. The van der Waals surface area contributed by atoms with Crippen LogP contribution in [0.1, 0.15) is 43.5 Å². The normalized spacial score (nSPS) is 20.7. The van der Waals surface area contributed by atoms with Crippen LogP contribution in [0, 0.1) is 11.8 Å². The Bertz CT molecular complexity index is 875.